The number of aromatic nitrogens is 1. The second-order valence-corrected chi connectivity index (χ2v) is 9.34. The van der Waals surface area contributed by atoms with Gasteiger partial charge in [0.15, 0.2) is 5.60 Å². The molecule has 4 nitrogen and oxygen atoms in total. The van der Waals surface area contributed by atoms with Gasteiger partial charge in [-0.05, 0) is 43.0 Å². The van der Waals surface area contributed by atoms with Crippen LogP contribution in [0.3, 0.4) is 0 Å². The molecule has 1 fully saturated rings. The van der Waals surface area contributed by atoms with Crippen molar-refractivity contribution in [2.24, 2.45) is 0 Å². The summed E-state index contributed by atoms with van der Waals surface area (Å²) >= 11 is 9.75. The maximum absolute atomic E-state index is 12.2. The lowest BCUT2D eigenvalue weighted by molar-refractivity contribution is -0.106. The van der Waals surface area contributed by atoms with Crippen LogP contribution in [0.15, 0.2) is 59.1 Å². The van der Waals surface area contributed by atoms with Gasteiger partial charge in [0.05, 0.1) is 12.7 Å². The highest BCUT2D eigenvalue weighted by molar-refractivity contribution is 9.10. The van der Waals surface area contributed by atoms with E-state index in [1.165, 1.54) is 12.7 Å². The van der Waals surface area contributed by atoms with Gasteiger partial charge in [-0.2, -0.15) is 0 Å². The first-order valence-corrected chi connectivity index (χ1v) is 11.0. The summed E-state index contributed by atoms with van der Waals surface area (Å²) in [6, 6.07) is 18.1. The fourth-order valence-corrected chi connectivity index (χ4v) is 5.59. The van der Waals surface area contributed by atoms with Gasteiger partial charge in [-0.1, -0.05) is 69.5 Å². The summed E-state index contributed by atoms with van der Waals surface area (Å²) in [5.41, 5.74) is 1.50. The van der Waals surface area contributed by atoms with E-state index >= 15 is 0 Å². The molecule has 0 bridgehead atoms. The maximum Gasteiger partial charge on any atom is 0.224 e. The van der Waals surface area contributed by atoms with E-state index in [0.717, 1.165) is 22.0 Å². The summed E-state index contributed by atoms with van der Waals surface area (Å²) in [7, 11) is 1.54. The number of hydrogen-bond donors (Lipinski definition) is 1. The molecule has 0 amide bonds. The number of hydrogen-bond acceptors (Lipinski definition) is 4. The van der Waals surface area contributed by atoms with Crippen LogP contribution in [0.25, 0.3) is 0 Å². The van der Waals surface area contributed by atoms with E-state index in [0.29, 0.717) is 23.6 Å². The van der Waals surface area contributed by atoms with Gasteiger partial charge in [-0.3, -0.25) is 0 Å². The van der Waals surface area contributed by atoms with Crippen LogP contribution in [0.5, 0.6) is 11.6 Å². The van der Waals surface area contributed by atoms with Crippen LogP contribution in [0.1, 0.15) is 41.0 Å². The maximum atomic E-state index is 12.2. The third kappa shape index (κ3) is 2.65. The summed E-state index contributed by atoms with van der Waals surface area (Å²) in [5.74, 6) is 0.776. The molecule has 3 atom stereocenters. The first-order chi connectivity index (χ1) is 14.4. The quantitative estimate of drug-likeness (QED) is 0.471. The Morgan fingerprint density at radius 2 is 1.87 bits per heavy atom. The molecule has 3 aromatic rings. The molecule has 0 radical (unpaired) electrons. The zero-order valence-electron chi connectivity index (χ0n) is 16.7. The Morgan fingerprint density at radius 1 is 1.17 bits per heavy atom. The summed E-state index contributed by atoms with van der Waals surface area (Å²) < 4.78 is 13.2. The van der Waals surface area contributed by atoms with Gasteiger partial charge in [0.25, 0.3) is 0 Å². The monoisotopic (exact) mass is 485 g/mol. The molecule has 154 valence electrons. The van der Waals surface area contributed by atoms with E-state index in [1.54, 1.807) is 6.07 Å². The van der Waals surface area contributed by atoms with Crippen molar-refractivity contribution in [1.82, 2.24) is 4.98 Å². The molecule has 1 N–H and O–H groups in total. The van der Waals surface area contributed by atoms with E-state index in [4.69, 9.17) is 21.1 Å². The number of aryl methyl sites for hydroxylation is 1. The Bertz CT molecular complexity index is 1120. The van der Waals surface area contributed by atoms with Crippen molar-refractivity contribution < 1.29 is 14.6 Å². The normalized spacial score (nSPS) is 26.8. The van der Waals surface area contributed by atoms with Crippen molar-refractivity contribution >= 4 is 27.5 Å². The predicted octanol–water partition coefficient (Wildman–Crippen LogP) is 5.87. The summed E-state index contributed by atoms with van der Waals surface area (Å²) in [6.45, 7) is 2.07. The van der Waals surface area contributed by atoms with E-state index in [-0.39, 0.29) is 11.1 Å². The van der Waals surface area contributed by atoms with Crippen molar-refractivity contribution in [3.8, 4) is 11.6 Å². The van der Waals surface area contributed by atoms with Gasteiger partial charge in [0.2, 0.25) is 5.88 Å². The highest BCUT2D eigenvalue weighted by Gasteiger charge is 2.69. The molecule has 30 heavy (non-hydrogen) atoms. The molecule has 1 aromatic heterocycles. The number of aliphatic hydroxyl groups is 1. The zero-order valence-corrected chi connectivity index (χ0v) is 19.0. The average Bonchev–Trinajstić information content (AvgIpc) is 3.15. The number of halogens is 2. The summed E-state index contributed by atoms with van der Waals surface area (Å²) in [6.07, 6.45) is 1.29. The van der Waals surface area contributed by atoms with Gasteiger partial charge in [0.1, 0.15) is 16.5 Å². The second kappa shape index (κ2) is 6.98. The van der Waals surface area contributed by atoms with E-state index in [1.807, 2.05) is 24.3 Å². The Kier molecular flexibility index (Phi) is 4.62. The number of fused-ring (bicyclic) bond motifs is 3. The lowest BCUT2D eigenvalue weighted by Crippen LogP contribution is -2.48. The van der Waals surface area contributed by atoms with Gasteiger partial charge in [0, 0.05) is 16.5 Å². The number of ether oxygens (including phenoxy) is 2. The van der Waals surface area contributed by atoms with Crippen molar-refractivity contribution in [1.29, 1.82) is 0 Å². The smallest absolute Gasteiger partial charge is 0.224 e. The standard InChI is InChI=1S/C24H21BrClNO3/c1-14-3-5-15(6-4-14)18-11-12-23(28)21-19(13-20(26)27-22(21)29-2)30-24(18,23)16-7-9-17(25)10-8-16/h3-10,13,18,28H,11-12H2,1-2H3. The molecule has 2 heterocycles. The first-order valence-electron chi connectivity index (χ1n) is 9.88. The lowest BCUT2D eigenvalue weighted by Gasteiger charge is -2.40. The highest BCUT2D eigenvalue weighted by Crippen LogP contribution is 2.68. The Labute approximate surface area is 189 Å². The van der Waals surface area contributed by atoms with Crippen LogP contribution < -0.4 is 9.47 Å². The molecular weight excluding hydrogens is 466 g/mol. The molecule has 2 aromatic carbocycles. The van der Waals surface area contributed by atoms with E-state index in [2.05, 4.69) is 52.1 Å². The Balaban J connectivity index is 1.78. The Hall–Kier alpha value is -2.08. The largest absolute Gasteiger partial charge is 0.481 e. The molecule has 5 rings (SSSR count). The molecule has 1 aliphatic heterocycles. The van der Waals surface area contributed by atoms with Crippen molar-refractivity contribution in [2.45, 2.75) is 36.9 Å². The fraction of sp³-hybridized carbons (Fsp3) is 0.292. The number of benzene rings is 2. The van der Waals surface area contributed by atoms with Crippen LogP contribution >= 0.6 is 27.5 Å². The van der Waals surface area contributed by atoms with Gasteiger partial charge < -0.3 is 14.6 Å². The number of nitrogens with zero attached hydrogens (tertiary/aromatic N) is 1. The number of pyridine rings is 1. The number of methoxy groups -OCH3 is 1. The fourth-order valence-electron chi connectivity index (χ4n) is 5.15. The SMILES string of the molecule is COc1nc(Cl)cc2c1C1(O)CCC(c3ccc(C)cc3)C1(c1ccc(Br)cc1)O2. The third-order valence-corrected chi connectivity index (χ3v) is 7.17. The van der Waals surface area contributed by atoms with Crippen LogP contribution in [0.2, 0.25) is 5.15 Å². The molecule has 0 saturated heterocycles. The highest BCUT2D eigenvalue weighted by atomic mass is 79.9. The summed E-state index contributed by atoms with van der Waals surface area (Å²) in [5, 5.41) is 12.5. The van der Waals surface area contributed by atoms with Crippen LogP contribution in [-0.2, 0) is 11.2 Å². The van der Waals surface area contributed by atoms with Crippen molar-refractivity contribution in [3.63, 3.8) is 0 Å². The number of rotatable bonds is 3. The second-order valence-electron chi connectivity index (χ2n) is 8.03. The van der Waals surface area contributed by atoms with Crippen LogP contribution in [-0.4, -0.2) is 17.2 Å². The minimum absolute atomic E-state index is 0.0554. The molecule has 1 saturated carbocycles. The van der Waals surface area contributed by atoms with Gasteiger partial charge in [-0.15, -0.1) is 0 Å². The van der Waals surface area contributed by atoms with Gasteiger partial charge >= 0.3 is 0 Å². The summed E-state index contributed by atoms with van der Waals surface area (Å²) in [4.78, 5) is 4.31. The lowest BCUT2D eigenvalue weighted by atomic mass is 9.72. The molecule has 1 aliphatic carbocycles. The topological polar surface area (TPSA) is 51.6 Å². The van der Waals surface area contributed by atoms with Crippen molar-refractivity contribution in [2.75, 3.05) is 7.11 Å². The third-order valence-electron chi connectivity index (χ3n) is 6.45. The molecular formula is C24H21BrClNO3. The zero-order chi connectivity index (χ0) is 21.1. The first kappa shape index (κ1) is 19.9. The minimum Gasteiger partial charge on any atom is -0.481 e. The molecule has 3 unspecified atom stereocenters. The van der Waals surface area contributed by atoms with Crippen LogP contribution in [0, 0.1) is 6.92 Å². The molecule has 2 aliphatic rings. The van der Waals surface area contributed by atoms with E-state index in [9.17, 15) is 5.11 Å². The molecule has 6 heteroatoms. The van der Waals surface area contributed by atoms with Crippen molar-refractivity contribution in [3.05, 3.63) is 86.5 Å². The average molecular weight is 487 g/mol. The Morgan fingerprint density at radius 3 is 2.53 bits per heavy atom. The minimum atomic E-state index is -1.30. The van der Waals surface area contributed by atoms with Gasteiger partial charge in [-0.25, -0.2) is 4.98 Å². The van der Waals surface area contributed by atoms with Crippen LogP contribution in [0.4, 0.5) is 0 Å². The van der Waals surface area contributed by atoms with E-state index < -0.39 is 11.2 Å². The predicted molar refractivity (Wildman–Crippen MR) is 119 cm³/mol. The molecule has 0 spiro atoms.